The smallest absolute Gasteiger partial charge is 0.150 e. The highest BCUT2D eigenvalue weighted by Gasteiger charge is 2.45. The van der Waals surface area contributed by atoms with Crippen molar-refractivity contribution in [2.24, 2.45) is 11.3 Å². The minimum absolute atomic E-state index is 0.285. The van der Waals surface area contributed by atoms with Gasteiger partial charge >= 0.3 is 0 Å². The number of nitrogens with one attached hydrogen (secondary N) is 1. The Hall–Kier alpha value is -0.180. The number of anilines is 1. The molecule has 1 aromatic heterocycles. The number of nitrogens with zero attached hydrogens (tertiary/aromatic N) is 1. The first kappa shape index (κ1) is 13.3. The Morgan fingerprint density at radius 1 is 1.29 bits per heavy atom. The summed E-state index contributed by atoms with van der Waals surface area (Å²) in [4.78, 5) is 4.15. The Morgan fingerprint density at radius 2 is 1.94 bits per heavy atom. The first-order valence-corrected chi connectivity index (χ1v) is 6.83. The van der Waals surface area contributed by atoms with Crippen LogP contribution in [0, 0.1) is 11.3 Å². The molecule has 0 amide bonds. The van der Waals surface area contributed by atoms with Crippen molar-refractivity contribution < 1.29 is 0 Å². The van der Waals surface area contributed by atoms with Crippen LogP contribution in [0.1, 0.15) is 26.7 Å². The summed E-state index contributed by atoms with van der Waals surface area (Å²) in [6, 6.07) is 1.62. The summed E-state index contributed by atoms with van der Waals surface area (Å²) < 4.78 is 0. The third-order valence-corrected chi connectivity index (χ3v) is 4.57. The van der Waals surface area contributed by atoms with E-state index in [9.17, 15) is 0 Å². The lowest BCUT2D eigenvalue weighted by Crippen LogP contribution is -2.21. The molecule has 1 N–H and O–H groups in total. The van der Waals surface area contributed by atoms with E-state index in [-0.39, 0.29) is 5.15 Å². The fourth-order valence-electron chi connectivity index (χ4n) is 1.95. The maximum atomic E-state index is 6.06. The van der Waals surface area contributed by atoms with Crippen LogP contribution in [-0.4, -0.2) is 11.5 Å². The number of aromatic nitrogens is 1. The number of rotatable bonds is 4. The van der Waals surface area contributed by atoms with Gasteiger partial charge < -0.3 is 5.32 Å². The van der Waals surface area contributed by atoms with E-state index in [0.29, 0.717) is 27.2 Å². The molecule has 17 heavy (non-hydrogen) atoms. The molecule has 2 rings (SSSR count). The summed E-state index contributed by atoms with van der Waals surface area (Å²) in [6.45, 7) is 5.38. The Bertz CT molecular complexity index is 428. The van der Waals surface area contributed by atoms with Crippen molar-refractivity contribution in [3.63, 3.8) is 0 Å². The average molecular weight is 294 g/mol. The summed E-state index contributed by atoms with van der Waals surface area (Å²) in [6.07, 6.45) is 2.52. The van der Waals surface area contributed by atoms with Gasteiger partial charge in [-0.2, -0.15) is 0 Å². The third-order valence-electron chi connectivity index (χ3n) is 3.61. The van der Waals surface area contributed by atoms with Crippen LogP contribution < -0.4 is 5.32 Å². The molecule has 0 bridgehead atoms. The Morgan fingerprint density at radius 3 is 2.47 bits per heavy atom. The van der Waals surface area contributed by atoms with Crippen molar-refractivity contribution >= 4 is 40.6 Å². The molecule has 1 fully saturated rings. The first-order valence-electron chi connectivity index (χ1n) is 5.70. The molecule has 1 heterocycles. The highest BCUT2D eigenvalue weighted by atomic mass is 35.5. The summed E-state index contributed by atoms with van der Waals surface area (Å²) in [5.41, 5.74) is 0.400. The predicted octanol–water partition coefficient (Wildman–Crippen LogP) is 4.89. The molecule has 0 atom stereocenters. The molecular formula is C12H15Cl3N2. The highest BCUT2D eigenvalue weighted by molar-refractivity contribution is 6.42. The molecule has 2 nitrogen and oxygen atoms in total. The van der Waals surface area contributed by atoms with Gasteiger partial charge in [0.15, 0.2) is 0 Å². The molecule has 1 aliphatic rings. The highest BCUT2D eigenvalue weighted by Crippen LogP contribution is 2.51. The van der Waals surface area contributed by atoms with Crippen molar-refractivity contribution in [2.75, 3.05) is 11.9 Å². The molecular weight excluding hydrogens is 279 g/mol. The van der Waals surface area contributed by atoms with Crippen molar-refractivity contribution in [2.45, 2.75) is 26.7 Å². The standard InChI is InChI=1S/C12H15Cl3N2/c1-7(2)12(3-4-12)6-16-11-9(14)5-8(13)10(15)17-11/h5,7H,3-4,6H2,1-2H3,(H,16,17). The van der Waals surface area contributed by atoms with E-state index in [0.717, 1.165) is 6.54 Å². The van der Waals surface area contributed by atoms with E-state index in [1.165, 1.54) is 12.8 Å². The molecule has 94 valence electrons. The van der Waals surface area contributed by atoms with Crippen LogP contribution in [0.3, 0.4) is 0 Å². The molecule has 1 aromatic rings. The monoisotopic (exact) mass is 292 g/mol. The van der Waals surface area contributed by atoms with Gasteiger partial charge in [-0.1, -0.05) is 48.7 Å². The van der Waals surface area contributed by atoms with Gasteiger partial charge in [0.1, 0.15) is 11.0 Å². The Kier molecular flexibility index (Phi) is 3.77. The van der Waals surface area contributed by atoms with Crippen LogP contribution >= 0.6 is 34.8 Å². The number of pyridine rings is 1. The van der Waals surface area contributed by atoms with Crippen molar-refractivity contribution in [3.8, 4) is 0 Å². The van der Waals surface area contributed by atoms with Gasteiger partial charge in [-0.3, -0.25) is 0 Å². The fraction of sp³-hybridized carbons (Fsp3) is 0.583. The Labute approximate surface area is 117 Å². The summed E-state index contributed by atoms with van der Waals surface area (Å²) in [5.74, 6) is 1.28. The van der Waals surface area contributed by atoms with Crippen LogP contribution in [0.15, 0.2) is 6.07 Å². The van der Waals surface area contributed by atoms with Gasteiger partial charge in [-0.05, 0) is 30.2 Å². The van der Waals surface area contributed by atoms with Crippen LogP contribution in [0.4, 0.5) is 5.82 Å². The van der Waals surface area contributed by atoms with Crippen LogP contribution in [0.2, 0.25) is 15.2 Å². The quantitative estimate of drug-likeness (QED) is 0.800. The van der Waals surface area contributed by atoms with Crippen molar-refractivity contribution in [3.05, 3.63) is 21.3 Å². The lowest BCUT2D eigenvalue weighted by molar-refractivity contribution is 0.380. The van der Waals surface area contributed by atoms with Gasteiger partial charge in [0.25, 0.3) is 0 Å². The predicted molar refractivity (Wildman–Crippen MR) is 74.3 cm³/mol. The fourth-order valence-corrected chi connectivity index (χ4v) is 2.51. The number of halogens is 3. The molecule has 0 radical (unpaired) electrons. The van der Waals surface area contributed by atoms with E-state index in [1.807, 2.05) is 0 Å². The molecule has 1 saturated carbocycles. The summed E-state index contributed by atoms with van der Waals surface area (Å²) >= 11 is 17.8. The second-order valence-electron chi connectivity index (χ2n) is 4.96. The van der Waals surface area contributed by atoms with Crippen molar-refractivity contribution in [1.82, 2.24) is 4.98 Å². The number of hydrogen-bond acceptors (Lipinski definition) is 2. The zero-order chi connectivity index (χ0) is 12.6. The lowest BCUT2D eigenvalue weighted by atomic mass is 9.92. The van der Waals surface area contributed by atoms with E-state index >= 15 is 0 Å². The molecule has 0 spiro atoms. The zero-order valence-electron chi connectivity index (χ0n) is 9.86. The van der Waals surface area contributed by atoms with Gasteiger partial charge in [0, 0.05) is 6.54 Å². The normalized spacial score (nSPS) is 17.3. The summed E-state index contributed by atoms with van der Waals surface area (Å²) in [5, 5.41) is 4.46. The molecule has 0 aromatic carbocycles. The average Bonchev–Trinajstić information content (AvgIpc) is 3.02. The van der Waals surface area contributed by atoms with Gasteiger partial charge in [-0.15, -0.1) is 0 Å². The van der Waals surface area contributed by atoms with E-state index < -0.39 is 0 Å². The number of hydrogen-bond donors (Lipinski definition) is 1. The maximum absolute atomic E-state index is 6.06. The van der Waals surface area contributed by atoms with E-state index in [1.54, 1.807) is 6.07 Å². The molecule has 5 heteroatoms. The maximum Gasteiger partial charge on any atom is 0.150 e. The third kappa shape index (κ3) is 2.81. The second-order valence-corrected chi connectivity index (χ2v) is 6.13. The topological polar surface area (TPSA) is 24.9 Å². The SMILES string of the molecule is CC(C)C1(CNc2nc(Cl)c(Cl)cc2Cl)CC1. The van der Waals surface area contributed by atoms with Gasteiger partial charge in [0.05, 0.1) is 10.0 Å². The van der Waals surface area contributed by atoms with Crippen molar-refractivity contribution in [1.29, 1.82) is 0 Å². The van der Waals surface area contributed by atoms with Crippen LogP contribution in [-0.2, 0) is 0 Å². The second kappa shape index (κ2) is 4.83. The molecule has 0 unspecified atom stereocenters. The molecule has 0 aliphatic heterocycles. The molecule has 0 saturated heterocycles. The first-order chi connectivity index (χ1) is 7.94. The van der Waals surface area contributed by atoms with E-state index in [4.69, 9.17) is 34.8 Å². The molecule has 1 aliphatic carbocycles. The van der Waals surface area contributed by atoms with Crippen LogP contribution in [0.5, 0.6) is 0 Å². The van der Waals surface area contributed by atoms with Gasteiger partial charge in [0.2, 0.25) is 0 Å². The largest absolute Gasteiger partial charge is 0.368 e. The zero-order valence-corrected chi connectivity index (χ0v) is 12.1. The van der Waals surface area contributed by atoms with Gasteiger partial charge in [-0.25, -0.2) is 4.98 Å². The Balaban J connectivity index is 2.07. The summed E-state index contributed by atoms with van der Waals surface area (Å²) in [7, 11) is 0. The lowest BCUT2D eigenvalue weighted by Gasteiger charge is -2.20. The van der Waals surface area contributed by atoms with E-state index in [2.05, 4.69) is 24.1 Å². The minimum Gasteiger partial charge on any atom is -0.368 e. The minimum atomic E-state index is 0.285. The van der Waals surface area contributed by atoms with Crippen LogP contribution in [0.25, 0.3) is 0 Å².